The van der Waals surface area contributed by atoms with Crippen molar-refractivity contribution in [2.45, 2.75) is 50.8 Å². The molecule has 6 aromatic rings. The van der Waals surface area contributed by atoms with Gasteiger partial charge in [-0.3, -0.25) is 19.1 Å². The quantitative estimate of drug-likeness (QED) is 0.202. The number of nitrogens with zero attached hydrogens (tertiary/aromatic N) is 7. The molecule has 0 spiro atoms. The van der Waals surface area contributed by atoms with E-state index < -0.39 is 5.60 Å². The number of benzene rings is 2. The molecule has 272 valence electrons. The highest BCUT2D eigenvalue weighted by Gasteiger charge is 2.41. The summed E-state index contributed by atoms with van der Waals surface area (Å²) in [5.41, 5.74) is 3.47. The fourth-order valence-corrected chi connectivity index (χ4v) is 8.81. The van der Waals surface area contributed by atoms with Gasteiger partial charge in [-0.05, 0) is 68.1 Å². The molecule has 2 aliphatic heterocycles. The van der Waals surface area contributed by atoms with Crippen molar-refractivity contribution < 1.29 is 14.6 Å². The van der Waals surface area contributed by atoms with Crippen LogP contribution in [0.1, 0.15) is 41.2 Å². The largest absolute Gasteiger partial charge is 0.481 e. The number of aliphatic hydroxyl groups is 1. The van der Waals surface area contributed by atoms with E-state index in [1.807, 2.05) is 77.3 Å². The van der Waals surface area contributed by atoms with Crippen molar-refractivity contribution in [1.29, 1.82) is 0 Å². The first-order chi connectivity index (χ1) is 25.8. The van der Waals surface area contributed by atoms with Crippen molar-refractivity contribution >= 4 is 28.3 Å². The van der Waals surface area contributed by atoms with Crippen LogP contribution in [0.25, 0.3) is 27.3 Å². The number of carbonyl (C=O) groups is 1. The molecule has 2 fully saturated rings. The third-order valence-electron chi connectivity index (χ3n) is 10.8. The van der Waals surface area contributed by atoms with E-state index in [9.17, 15) is 14.7 Å². The maximum Gasteiger partial charge on any atom is 0.262 e. The van der Waals surface area contributed by atoms with Gasteiger partial charge in [0, 0.05) is 78.8 Å². The van der Waals surface area contributed by atoms with E-state index in [1.54, 1.807) is 30.7 Å². The second-order valence-electron chi connectivity index (χ2n) is 14.4. The molecule has 2 aliphatic rings. The van der Waals surface area contributed by atoms with Crippen LogP contribution in [-0.2, 0) is 17.9 Å². The Bertz CT molecular complexity index is 2280. The molecule has 2 saturated heterocycles. The summed E-state index contributed by atoms with van der Waals surface area (Å²) in [4.78, 5) is 47.0. The predicted molar refractivity (Wildman–Crippen MR) is 205 cm³/mol. The van der Waals surface area contributed by atoms with Crippen molar-refractivity contribution in [2.75, 3.05) is 33.3 Å². The van der Waals surface area contributed by atoms with Gasteiger partial charge >= 0.3 is 0 Å². The maximum atomic E-state index is 14.3. The van der Waals surface area contributed by atoms with Gasteiger partial charge in [0.1, 0.15) is 11.3 Å². The lowest BCUT2D eigenvalue weighted by molar-refractivity contribution is -0.142. The highest BCUT2D eigenvalue weighted by molar-refractivity contribution is 7.15. The number of fused-ring (bicyclic) bond motifs is 1. The third-order valence-corrected chi connectivity index (χ3v) is 11.8. The minimum Gasteiger partial charge on any atom is -0.481 e. The Labute approximate surface area is 312 Å². The van der Waals surface area contributed by atoms with Crippen LogP contribution in [0.5, 0.6) is 5.88 Å². The van der Waals surface area contributed by atoms with Crippen molar-refractivity contribution in [1.82, 2.24) is 33.9 Å². The van der Waals surface area contributed by atoms with E-state index in [4.69, 9.17) is 4.74 Å². The summed E-state index contributed by atoms with van der Waals surface area (Å²) < 4.78 is 8.62. The van der Waals surface area contributed by atoms with Gasteiger partial charge in [-0.1, -0.05) is 42.5 Å². The molecule has 12 heteroatoms. The van der Waals surface area contributed by atoms with Gasteiger partial charge in [-0.15, -0.1) is 11.3 Å². The van der Waals surface area contributed by atoms with E-state index in [0.29, 0.717) is 42.8 Å². The van der Waals surface area contributed by atoms with Crippen LogP contribution in [0.15, 0.2) is 103 Å². The molecule has 0 unspecified atom stereocenters. The van der Waals surface area contributed by atoms with Gasteiger partial charge in [0.15, 0.2) is 5.65 Å². The summed E-state index contributed by atoms with van der Waals surface area (Å²) in [5, 5.41) is 13.1. The number of hydrogen-bond donors (Lipinski definition) is 1. The Kier molecular flexibility index (Phi) is 9.67. The van der Waals surface area contributed by atoms with E-state index in [-0.39, 0.29) is 29.8 Å². The molecule has 4 aromatic heterocycles. The van der Waals surface area contributed by atoms with Gasteiger partial charge in [0.25, 0.3) is 5.56 Å². The number of ether oxygens (including phenoxy) is 1. The van der Waals surface area contributed by atoms with Crippen LogP contribution in [-0.4, -0.2) is 83.8 Å². The zero-order valence-electron chi connectivity index (χ0n) is 30.0. The molecule has 2 atom stereocenters. The number of piperidine rings is 2. The zero-order valence-corrected chi connectivity index (χ0v) is 30.8. The second-order valence-corrected chi connectivity index (χ2v) is 15.5. The number of likely N-dealkylation sites (tertiary alicyclic amines) is 2. The first kappa shape index (κ1) is 34.9. The second kappa shape index (κ2) is 14.7. The molecular weight excluding hydrogens is 687 g/mol. The van der Waals surface area contributed by atoms with Crippen LogP contribution in [0, 0.1) is 12.8 Å². The number of pyridine rings is 1. The van der Waals surface area contributed by atoms with Crippen LogP contribution >= 0.6 is 11.3 Å². The first-order valence-corrected chi connectivity index (χ1v) is 19.0. The fraction of sp³-hybridized carbons (Fsp3) is 0.341. The Balaban J connectivity index is 0.924. The summed E-state index contributed by atoms with van der Waals surface area (Å²) in [6, 6.07) is 24.0. The average molecular weight is 730 g/mol. The average Bonchev–Trinajstić information content (AvgIpc) is 3.84. The normalized spacial score (nSPS) is 19.0. The van der Waals surface area contributed by atoms with Crippen LogP contribution in [0.2, 0.25) is 0 Å². The number of hydrogen-bond acceptors (Lipinski definition) is 9. The van der Waals surface area contributed by atoms with E-state index >= 15 is 0 Å². The van der Waals surface area contributed by atoms with E-state index in [1.165, 1.54) is 15.8 Å². The molecule has 0 bridgehead atoms. The molecule has 8 rings (SSSR count). The lowest BCUT2D eigenvalue weighted by Crippen LogP contribution is -2.53. The molecule has 2 aromatic carbocycles. The molecule has 6 heterocycles. The molecule has 1 N–H and O–H groups in total. The topological polar surface area (TPSA) is 119 Å². The fourth-order valence-electron chi connectivity index (χ4n) is 7.86. The Morgan fingerprint density at radius 2 is 1.81 bits per heavy atom. The molecule has 11 nitrogen and oxygen atoms in total. The van der Waals surface area contributed by atoms with Crippen LogP contribution in [0.4, 0.5) is 0 Å². The van der Waals surface area contributed by atoms with Gasteiger partial charge in [0.2, 0.25) is 11.8 Å². The number of methoxy groups -OCH3 is 1. The van der Waals surface area contributed by atoms with Crippen molar-refractivity contribution in [3.05, 3.63) is 124 Å². The summed E-state index contributed by atoms with van der Waals surface area (Å²) in [7, 11) is 1.60. The summed E-state index contributed by atoms with van der Waals surface area (Å²) >= 11 is 1.66. The van der Waals surface area contributed by atoms with Gasteiger partial charge in [-0.25, -0.2) is 15.0 Å². The minimum absolute atomic E-state index is 0.0416. The Hall–Kier alpha value is -5.17. The summed E-state index contributed by atoms with van der Waals surface area (Å²) in [6.07, 6.45) is 8.65. The molecule has 0 saturated carbocycles. The summed E-state index contributed by atoms with van der Waals surface area (Å²) in [6.45, 7) is 5.37. The van der Waals surface area contributed by atoms with E-state index in [2.05, 4.69) is 38.1 Å². The SMILES string of the molecule is COc1ccc(-c2ncc(CN3CC[C@@H](C(=O)N4CCC(O)(Cn5cnc6c(ccn6-c6cccc(C)c6)c5=O)CC4)[C@H](c4ccccc4)C3)s2)cn1. The van der Waals surface area contributed by atoms with E-state index in [0.717, 1.165) is 53.4 Å². The maximum absolute atomic E-state index is 14.3. The smallest absolute Gasteiger partial charge is 0.262 e. The van der Waals surface area contributed by atoms with Crippen LogP contribution < -0.4 is 10.3 Å². The molecule has 53 heavy (non-hydrogen) atoms. The molecular formula is C41H43N7O4S. The Morgan fingerprint density at radius 1 is 0.981 bits per heavy atom. The van der Waals surface area contributed by atoms with Gasteiger partial charge < -0.3 is 19.3 Å². The molecule has 0 aliphatic carbocycles. The molecule has 1 amide bonds. The highest BCUT2D eigenvalue weighted by atomic mass is 32.1. The zero-order chi connectivity index (χ0) is 36.5. The molecule has 0 radical (unpaired) electrons. The van der Waals surface area contributed by atoms with Gasteiger partial charge in [0.05, 0.1) is 24.6 Å². The number of aromatic nitrogens is 5. The van der Waals surface area contributed by atoms with Gasteiger partial charge in [-0.2, -0.15) is 0 Å². The third kappa shape index (κ3) is 7.26. The highest BCUT2D eigenvalue weighted by Crippen LogP contribution is 2.37. The summed E-state index contributed by atoms with van der Waals surface area (Å²) in [5.74, 6) is 0.600. The van der Waals surface area contributed by atoms with Crippen molar-refractivity contribution in [2.24, 2.45) is 5.92 Å². The Morgan fingerprint density at radius 3 is 2.57 bits per heavy atom. The lowest BCUT2D eigenvalue weighted by Gasteiger charge is -2.43. The number of amides is 1. The monoisotopic (exact) mass is 729 g/mol. The standard InChI is InChI=1S/C41H43N7O4S/c1-28-7-6-10-31(21-28)48-18-14-34-37(48)44-27-47(40(34)50)26-41(51)15-19-46(20-16-41)39(49)33-13-17-45(25-35(33)29-8-4-3-5-9-29)24-32-23-43-38(53-32)30-11-12-36(52-2)42-22-30/h3-12,14,18,21-23,27,33,35,51H,13,15-17,19-20,24-26H2,1-2H3/t33-,35+/m1/s1. The number of aryl methyl sites for hydroxylation is 1. The number of rotatable bonds is 9. The first-order valence-electron chi connectivity index (χ1n) is 18.1. The van der Waals surface area contributed by atoms with Crippen molar-refractivity contribution in [3.8, 4) is 22.1 Å². The lowest BCUT2D eigenvalue weighted by atomic mass is 9.79. The van der Waals surface area contributed by atoms with Crippen LogP contribution in [0.3, 0.4) is 0 Å². The minimum atomic E-state index is -1.12. The number of carbonyl (C=O) groups excluding carboxylic acids is 1. The van der Waals surface area contributed by atoms with Crippen molar-refractivity contribution in [3.63, 3.8) is 0 Å². The number of thiazole rings is 1. The predicted octanol–water partition coefficient (Wildman–Crippen LogP) is 5.68.